The molecule has 1 atom stereocenters. The fourth-order valence-electron chi connectivity index (χ4n) is 4.18. The molecular formula is C28H21ClN2O4S. The second-order valence-electron chi connectivity index (χ2n) is 8.14. The molecule has 36 heavy (non-hydrogen) atoms. The molecule has 3 aromatic carbocycles. The predicted molar refractivity (Wildman–Crippen MR) is 140 cm³/mol. The number of thiophene rings is 1. The molecule has 2 heterocycles. The van der Waals surface area contributed by atoms with Crippen molar-refractivity contribution in [3.63, 3.8) is 0 Å². The Balaban J connectivity index is 1.50. The molecule has 0 bridgehead atoms. The van der Waals surface area contributed by atoms with Gasteiger partial charge < -0.3 is 19.9 Å². The summed E-state index contributed by atoms with van der Waals surface area (Å²) in [6.45, 7) is 2.57. The molecule has 0 saturated carbocycles. The van der Waals surface area contributed by atoms with E-state index in [1.807, 2.05) is 55.5 Å². The zero-order valence-electron chi connectivity index (χ0n) is 19.3. The van der Waals surface area contributed by atoms with Gasteiger partial charge >= 0.3 is 5.97 Å². The van der Waals surface area contributed by atoms with Gasteiger partial charge in [-0.1, -0.05) is 61.0 Å². The molecule has 6 nitrogen and oxygen atoms in total. The normalized spacial score (nSPS) is 14.6. The molecule has 0 aliphatic carbocycles. The van der Waals surface area contributed by atoms with Gasteiger partial charge in [0.15, 0.2) is 0 Å². The maximum Gasteiger partial charge on any atom is 0.355 e. The summed E-state index contributed by atoms with van der Waals surface area (Å²) < 4.78 is 18.3. The van der Waals surface area contributed by atoms with E-state index < -0.39 is 11.9 Å². The molecule has 1 aromatic heterocycles. The predicted octanol–water partition coefficient (Wildman–Crippen LogP) is 6.78. The lowest BCUT2D eigenvalue weighted by atomic mass is 9.83. The number of para-hydroxylation sites is 1. The van der Waals surface area contributed by atoms with E-state index in [9.17, 15) is 10.1 Å². The first kappa shape index (κ1) is 23.7. The molecule has 2 N–H and O–H groups in total. The maximum atomic E-state index is 12.9. The van der Waals surface area contributed by atoms with Gasteiger partial charge in [0.05, 0.1) is 17.5 Å². The topological polar surface area (TPSA) is 94.6 Å². The molecular weight excluding hydrogens is 496 g/mol. The first-order valence-electron chi connectivity index (χ1n) is 11.3. The molecule has 4 aromatic rings. The van der Waals surface area contributed by atoms with Gasteiger partial charge in [0.2, 0.25) is 5.88 Å². The summed E-state index contributed by atoms with van der Waals surface area (Å²) in [5.41, 5.74) is 7.97. The van der Waals surface area contributed by atoms with Crippen LogP contribution < -0.4 is 19.9 Å². The number of benzene rings is 3. The van der Waals surface area contributed by atoms with E-state index in [1.165, 1.54) is 11.3 Å². The van der Waals surface area contributed by atoms with Crippen LogP contribution in [0.25, 0.3) is 10.1 Å². The highest BCUT2D eigenvalue weighted by molar-refractivity contribution is 7.21. The van der Waals surface area contributed by atoms with Crippen molar-refractivity contribution >= 4 is 39.0 Å². The van der Waals surface area contributed by atoms with Crippen molar-refractivity contribution in [3.8, 4) is 23.3 Å². The SMILES string of the molecule is CCCOc1ccccc1C1C(C#N)=C(N)Oc2cc(OC(=O)c3sc4ccccc4c3Cl)ccc21. The lowest BCUT2D eigenvalue weighted by Crippen LogP contribution is -2.21. The van der Waals surface area contributed by atoms with E-state index in [4.69, 9.17) is 31.5 Å². The second-order valence-corrected chi connectivity index (χ2v) is 9.57. The van der Waals surface area contributed by atoms with Crippen LogP contribution in [0.4, 0.5) is 0 Å². The molecule has 0 amide bonds. The Kier molecular flexibility index (Phi) is 6.55. The van der Waals surface area contributed by atoms with Crippen LogP contribution in [-0.4, -0.2) is 12.6 Å². The van der Waals surface area contributed by atoms with Gasteiger partial charge in [-0.15, -0.1) is 11.3 Å². The number of nitrogens with zero attached hydrogens (tertiary/aromatic N) is 1. The van der Waals surface area contributed by atoms with E-state index in [1.54, 1.807) is 18.2 Å². The van der Waals surface area contributed by atoms with Crippen molar-refractivity contribution in [1.82, 2.24) is 0 Å². The highest BCUT2D eigenvalue weighted by atomic mass is 35.5. The summed E-state index contributed by atoms with van der Waals surface area (Å²) >= 11 is 7.72. The number of nitriles is 1. The molecule has 1 aliphatic heterocycles. The number of hydrogen-bond acceptors (Lipinski definition) is 7. The van der Waals surface area contributed by atoms with Crippen molar-refractivity contribution in [3.05, 3.63) is 99.2 Å². The largest absolute Gasteiger partial charge is 0.493 e. The minimum atomic E-state index is -0.562. The fraction of sp³-hybridized carbons (Fsp3) is 0.143. The van der Waals surface area contributed by atoms with Crippen LogP contribution in [0.5, 0.6) is 17.2 Å². The third kappa shape index (κ3) is 4.26. The van der Waals surface area contributed by atoms with E-state index in [0.717, 1.165) is 22.1 Å². The Hall–Kier alpha value is -3.99. The van der Waals surface area contributed by atoms with E-state index in [0.29, 0.717) is 33.6 Å². The number of esters is 1. The Morgan fingerprint density at radius 1 is 1.14 bits per heavy atom. The second kappa shape index (κ2) is 9.94. The lowest BCUT2D eigenvalue weighted by molar-refractivity contribution is 0.0740. The van der Waals surface area contributed by atoms with Gasteiger partial charge in [0.1, 0.15) is 33.8 Å². The van der Waals surface area contributed by atoms with Crippen LogP contribution >= 0.6 is 22.9 Å². The number of fused-ring (bicyclic) bond motifs is 2. The summed E-state index contributed by atoms with van der Waals surface area (Å²) in [6, 6.07) is 22.3. The summed E-state index contributed by atoms with van der Waals surface area (Å²) in [5, 5.41) is 11.1. The number of hydrogen-bond donors (Lipinski definition) is 1. The minimum absolute atomic E-state index is 0.00341. The molecule has 0 saturated heterocycles. The highest BCUT2D eigenvalue weighted by Gasteiger charge is 2.33. The van der Waals surface area contributed by atoms with Crippen LogP contribution in [0, 0.1) is 11.3 Å². The van der Waals surface area contributed by atoms with Gasteiger partial charge in [0, 0.05) is 27.3 Å². The maximum absolute atomic E-state index is 12.9. The first-order chi connectivity index (χ1) is 17.5. The third-order valence-electron chi connectivity index (χ3n) is 5.81. The first-order valence-corrected chi connectivity index (χ1v) is 12.5. The molecule has 180 valence electrons. The molecule has 0 radical (unpaired) electrons. The Morgan fingerprint density at radius 2 is 1.92 bits per heavy atom. The highest BCUT2D eigenvalue weighted by Crippen LogP contribution is 2.46. The Labute approximate surface area is 217 Å². The summed E-state index contributed by atoms with van der Waals surface area (Å²) in [7, 11) is 0. The molecule has 5 rings (SSSR count). The molecule has 0 fully saturated rings. The Bertz CT molecular complexity index is 1550. The van der Waals surface area contributed by atoms with Gasteiger partial charge in [-0.05, 0) is 24.6 Å². The number of ether oxygens (including phenoxy) is 3. The van der Waals surface area contributed by atoms with Crippen molar-refractivity contribution in [2.75, 3.05) is 6.61 Å². The van der Waals surface area contributed by atoms with Crippen LogP contribution in [0.2, 0.25) is 5.02 Å². The average Bonchev–Trinajstić information content (AvgIpc) is 3.23. The number of carbonyl (C=O) groups excluding carboxylic acids is 1. The smallest absolute Gasteiger partial charge is 0.355 e. The zero-order valence-corrected chi connectivity index (χ0v) is 20.9. The van der Waals surface area contributed by atoms with Gasteiger partial charge in [-0.2, -0.15) is 5.26 Å². The fourth-order valence-corrected chi connectivity index (χ4v) is 5.56. The number of rotatable bonds is 6. The van der Waals surface area contributed by atoms with Gasteiger partial charge in [-0.3, -0.25) is 0 Å². The minimum Gasteiger partial charge on any atom is -0.493 e. The Morgan fingerprint density at radius 3 is 2.69 bits per heavy atom. The summed E-state index contributed by atoms with van der Waals surface area (Å²) in [6.07, 6.45) is 0.848. The van der Waals surface area contributed by atoms with Crippen LogP contribution in [0.1, 0.15) is 40.1 Å². The van der Waals surface area contributed by atoms with Crippen molar-refractivity contribution in [1.29, 1.82) is 5.26 Å². The molecule has 1 unspecified atom stereocenters. The zero-order chi connectivity index (χ0) is 25.2. The number of allylic oxidation sites excluding steroid dienone is 1. The summed E-state index contributed by atoms with van der Waals surface area (Å²) in [4.78, 5) is 13.3. The van der Waals surface area contributed by atoms with Crippen molar-refractivity contribution in [2.24, 2.45) is 5.73 Å². The summed E-state index contributed by atoms with van der Waals surface area (Å²) in [5.74, 6) is 0.287. The van der Waals surface area contributed by atoms with E-state index in [2.05, 4.69) is 6.07 Å². The van der Waals surface area contributed by atoms with Gasteiger partial charge in [0.25, 0.3) is 0 Å². The van der Waals surface area contributed by atoms with E-state index in [-0.39, 0.29) is 17.2 Å². The van der Waals surface area contributed by atoms with Crippen LogP contribution in [0.3, 0.4) is 0 Å². The average molecular weight is 517 g/mol. The van der Waals surface area contributed by atoms with Crippen molar-refractivity contribution in [2.45, 2.75) is 19.3 Å². The molecule has 8 heteroatoms. The number of carbonyl (C=O) groups is 1. The standard InChI is InChI=1S/C28H21ClN2O4S/c1-2-13-33-21-9-5-3-7-17(21)24-18-12-11-16(14-22(18)35-27(31)20(24)15-30)34-28(32)26-25(29)19-8-4-6-10-23(19)36-26/h3-12,14,24H,2,13,31H2,1H3. The monoisotopic (exact) mass is 516 g/mol. The van der Waals surface area contributed by atoms with Crippen molar-refractivity contribution < 1.29 is 19.0 Å². The van der Waals surface area contributed by atoms with E-state index >= 15 is 0 Å². The molecule has 1 aliphatic rings. The number of nitrogens with two attached hydrogens (primary N) is 1. The number of halogens is 1. The quantitative estimate of drug-likeness (QED) is 0.224. The third-order valence-corrected chi connectivity index (χ3v) is 7.47. The lowest BCUT2D eigenvalue weighted by Gasteiger charge is -2.28. The van der Waals surface area contributed by atoms with Crippen LogP contribution in [0.15, 0.2) is 78.2 Å². The van der Waals surface area contributed by atoms with Crippen LogP contribution in [-0.2, 0) is 0 Å². The van der Waals surface area contributed by atoms with Gasteiger partial charge in [-0.25, -0.2) is 4.79 Å². The molecule has 0 spiro atoms.